The Morgan fingerprint density at radius 1 is 1.05 bits per heavy atom. The van der Waals surface area contributed by atoms with Gasteiger partial charge in [0.15, 0.2) is 0 Å². The van der Waals surface area contributed by atoms with Gasteiger partial charge in [-0.05, 0) is 24.3 Å². The molecule has 0 aliphatic carbocycles. The van der Waals surface area contributed by atoms with Crippen molar-refractivity contribution < 1.29 is 9.47 Å². The van der Waals surface area contributed by atoms with Crippen molar-refractivity contribution in [2.24, 2.45) is 11.3 Å². The molecule has 0 aromatic heterocycles. The fraction of sp³-hybridized carbons (Fsp3) is 0.647. The molecule has 1 aromatic rings. The van der Waals surface area contributed by atoms with Crippen LogP contribution in [-0.4, -0.2) is 27.4 Å². The summed E-state index contributed by atoms with van der Waals surface area (Å²) in [7, 11) is 3.57. The lowest BCUT2D eigenvalue weighted by Gasteiger charge is -2.35. The van der Waals surface area contributed by atoms with Crippen LogP contribution < -0.4 is 0 Å². The van der Waals surface area contributed by atoms with E-state index in [9.17, 15) is 0 Å². The van der Waals surface area contributed by atoms with Gasteiger partial charge in [-0.15, -0.1) is 0 Å². The summed E-state index contributed by atoms with van der Waals surface area (Å²) in [5.74, 6) is 0.689. The van der Waals surface area contributed by atoms with Crippen LogP contribution in [0.3, 0.4) is 0 Å². The molecule has 1 unspecified atom stereocenters. The zero-order valence-electron chi connectivity index (χ0n) is 12.8. The molecule has 0 N–H and O–H groups in total. The Kier molecular flexibility index (Phi) is 7.11. The maximum Gasteiger partial charge on any atom is 0.0544 e. The van der Waals surface area contributed by atoms with Crippen molar-refractivity contribution in [3.63, 3.8) is 0 Å². The maximum atomic E-state index is 5.50. The van der Waals surface area contributed by atoms with E-state index in [2.05, 4.69) is 44.2 Å². The van der Waals surface area contributed by atoms with Crippen molar-refractivity contribution in [1.82, 2.24) is 0 Å². The van der Waals surface area contributed by atoms with Gasteiger partial charge in [0.25, 0.3) is 0 Å². The Morgan fingerprint density at radius 2 is 1.63 bits per heavy atom. The average molecular weight is 264 g/mol. The van der Waals surface area contributed by atoms with E-state index in [1.54, 1.807) is 14.2 Å². The minimum Gasteiger partial charge on any atom is -0.384 e. The molecule has 1 atom stereocenters. The first-order valence-corrected chi connectivity index (χ1v) is 7.17. The highest BCUT2D eigenvalue weighted by atomic mass is 16.5. The van der Waals surface area contributed by atoms with Crippen LogP contribution in [0, 0.1) is 11.3 Å². The van der Waals surface area contributed by atoms with Crippen LogP contribution in [0.2, 0.25) is 0 Å². The topological polar surface area (TPSA) is 18.5 Å². The first-order chi connectivity index (χ1) is 9.15. The van der Waals surface area contributed by atoms with Crippen LogP contribution in [0.5, 0.6) is 0 Å². The standard InChI is InChI=1S/C17H28O2/c1-5-15(2)11-17(13-18-3,14-19-4)12-16-9-7-6-8-10-16/h6-10,15H,5,11-14H2,1-4H3. The second-order valence-electron chi connectivity index (χ2n) is 5.75. The lowest BCUT2D eigenvalue weighted by atomic mass is 9.75. The van der Waals surface area contributed by atoms with E-state index in [0.717, 1.165) is 26.1 Å². The minimum atomic E-state index is 0.0836. The van der Waals surface area contributed by atoms with E-state index in [0.29, 0.717) is 5.92 Å². The van der Waals surface area contributed by atoms with Crippen molar-refractivity contribution >= 4 is 0 Å². The fourth-order valence-electron chi connectivity index (χ4n) is 2.86. The van der Waals surface area contributed by atoms with Gasteiger partial charge < -0.3 is 9.47 Å². The molecule has 19 heavy (non-hydrogen) atoms. The summed E-state index contributed by atoms with van der Waals surface area (Å²) in [6.45, 7) is 6.06. The highest BCUT2D eigenvalue weighted by Gasteiger charge is 2.32. The predicted molar refractivity (Wildman–Crippen MR) is 80.4 cm³/mol. The largest absolute Gasteiger partial charge is 0.384 e. The number of ether oxygens (including phenoxy) is 2. The molecule has 0 spiro atoms. The molecule has 0 saturated carbocycles. The quantitative estimate of drug-likeness (QED) is 0.672. The van der Waals surface area contributed by atoms with Crippen molar-refractivity contribution in [2.45, 2.75) is 33.1 Å². The van der Waals surface area contributed by atoms with Gasteiger partial charge in [0, 0.05) is 19.6 Å². The van der Waals surface area contributed by atoms with Gasteiger partial charge in [0.2, 0.25) is 0 Å². The van der Waals surface area contributed by atoms with Crippen LogP contribution in [0.4, 0.5) is 0 Å². The van der Waals surface area contributed by atoms with Gasteiger partial charge in [-0.1, -0.05) is 50.6 Å². The van der Waals surface area contributed by atoms with Crippen LogP contribution in [0.15, 0.2) is 30.3 Å². The predicted octanol–water partition coefficient (Wildman–Crippen LogP) is 3.94. The zero-order valence-corrected chi connectivity index (χ0v) is 12.8. The van der Waals surface area contributed by atoms with Crippen LogP contribution >= 0.6 is 0 Å². The lowest BCUT2D eigenvalue weighted by molar-refractivity contribution is -0.00478. The molecule has 1 aromatic carbocycles. The monoisotopic (exact) mass is 264 g/mol. The first-order valence-electron chi connectivity index (χ1n) is 7.17. The number of benzene rings is 1. The molecular weight excluding hydrogens is 236 g/mol. The van der Waals surface area contributed by atoms with E-state index in [1.807, 2.05) is 0 Å². The third-order valence-electron chi connectivity index (χ3n) is 3.80. The van der Waals surface area contributed by atoms with Gasteiger partial charge in [-0.2, -0.15) is 0 Å². The third kappa shape index (κ3) is 5.33. The summed E-state index contributed by atoms with van der Waals surface area (Å²) in [6.07, 6.45) is 3.35. The Balaban J connectivity index is 2.87. The normalized spacial score (nSPS) is 13.5. The average Bonchev–Trinajstić information content (AvgIpc) is 2.40. The van der Waals surface area contributed by atoms with E-state index >= 15 is 0 Å². The number of rotatable bonds is 9. The highest BCUT2D eigenvalue weighted by molar-refractivity contribution is 5.16. The van der Waals surface area contributed by atoms with Crippen LogP contribution in [0.1, 0.15) is 32.3 Å². The Bertz CT molecular complexity index is 328. The van der Waals surface area contributed by atoms with Crippen molar-refractivity contribution in [2.75, 3.05) is 27.4 Å². The maximum absolute atomic E-state index is 5.50. The summed E-state index contributed by atoms with van der Waals surface area (Å²) >= 11 is 0. The third-order valence-corrected chi connectivity index (χ3v) is 3.80. The number of hydrogen-bond donors (Lipinski definition) is 0. The fourth-order valence-corrected chi connectivity index (χ4v) is 2.86. The van der Waals surface area contributed by atoms with Gasteiger partial charge in [-0.25, -0.2) is 0 Å². The SMILES string of the molecule is CCC(C)CC(COC)(COC)Cc1ccccc1. The molecular formula is C17H28O2. The first kappa shape index (κ1) is 16.2. The number of methoxy groups -OCH3 is 2. The van der Waals surface area contributed by atoms with Gasteiger partial charge in [0.1, 0.15) is 0 Å². The summed E-state index contributed by atoms with van der Waals surface area (Å²) in [4.78, 5) is 0. The second kappa shape index (κ2) is 8.34. The molecule has 0 saturated heterocycles. The molecule has 2 heteroatoms. The second-order valence-corrected chi connectivity index (χ2v) is 5.75. The molecule has 0 radical (unpaired) electrons. The highest BCUT2D eigenvalue weighted by Crippen LogP contribution is 2.33. The van der Waals surface area contributed by atoms with Gasteiger partial charge >= 0.3 is 0 Å². The van der Waals surface area contributed by atoms with E-state index in [4.69, 9.17) is 9.47 Å². The van der Waals surface area contributed by atoms with Crippen LogP contribution in [-0.2, 0) is 15.9 Å². The smallest absolute Gasteiger partial charge is 0.0544 e. The van der Waals surface area contributed by atoms with Crippen LogP contribution in [0.25, 0.3) is 0 Å². The number of hydrogen-bond acceptors (Lipinski definition) is 2. The lowest BCUT2D eigenvalue weighted by Crippen LogP contribution is -2.36. The minimum absolute atomic E-state index is 0.0836. The van der Waals surface area contributed by atoms with E-state index < -0.39 is 0 Å². The summed E-state index contributed by atoms with van der Waals surface area (Å²) < 4.78 is 11.0. The summed E-state index contributed by atoms with van der Waals surface area (Å²) in [5.41, 5.74) is 1.44. The molecule has 0 fully saturated rings. The van der Waals surface area contributed by atoms with Gasteiger partial charge in [0.05, 0.1) is 13.2 Å². The Morgan fingerprint density at radius 3 is 2.11 bits per heavy atom. The van der Waals surface area contributed by atoms with Crippen molar-refractivity contribution in [1.29, 1.82) is 0 Å². The zero-order chi connectivity index (χ0) is 14.1. The van der Waals surface area contributed by atoms with E-state index in [-0.39, 0.29) is 5.41 Å². The molecule has 1 rings (SSSR count). The molecule has 0 bridgehead atoms. The van der Waals surface area contributed by atoms with Crippen molar-refractivity contribution in [3.8, 4) is 0 Å². The van der Waals surface area contributed by atoms with E-state index in [1.165, 1.54) is 12.0 Å². The molecule has 0 heterocycles. The molecule has 0 aliphatic rings. The summed E-state index contributed by atoms with van der Waals surface area (Å²) in [5, 5.41) is 0. The molecule has 0 aliphatic heterocycles. The molecule has 0 amide bonds. The molecule has 108 valence electrons. The Labute approximate surface area is 118 Å². The van der Waals surface area contributed by atoms with Crippen molar-refractivity contribution in [3.05, 3.63) is 35.9 Å². The Hall–Kier alpha value is -0.860. The summed E-state index contributed by atoms with van der Waals surface area (Å²) in [6, 6.07) is 10.6. The molecule has 2 nitrogen and oxygen atoms in total. The van der Waals surface area contributed by atoms with Gasteiger partial charge in [-0.3, -0.25) is 0 Å².